The lowest BCUT2D eigenvalue weighted by Gasteiger charge is -2.46. The van der Waals surface area contributed by atoms with Gasteiger partial charge < -0.3 is 28.8 Å². The normalized spacial score (nSPS) is 24.9. The van der Waals surface area contributed by atoms with Gasteiger partial charge in [-0.3, -0.25) is 0 Å². The maximum atomic E-state index is 15.0. The summed E-state index contributed by atoms with van der Waals surface area (Å²) in [6.45, 7) is 0.0567. The van der Waals surface area contributed by atoms with Gasteiger partial charge in [-0.1, -0.05) is 91.0 Å². The first-order valence-corrected chi connectivity index (χ1v) is 12.1. The standard InChI is InChI=1S/C29H33FO6/c1-32-29-28(35-20-23-15-9-4-10-16-23)27(34-19-22-13-7-3-8-14-22)26(25(36-29)24(30)17-31)33-18-21-11-5-2-6-12-21/h2-16,24-29,31H,17-20H2,1H3/t24-,25?,26+,27?,28?,29-/m0/s1. The maximum absolute atomic E-state index is 15.0. The first kappa shape index (κ1) is 26.4. The summed E-state index contributed by atoms with van der Waals surface area (Å²) in [7, 11) is 1.48. The molecule has 1 heterocycles. The van der Waals surface area contributed by atoms with Gasteiger partial charge in [0.2, 0.25) is 0 Å². The quantitative estimate of drug-likeness (QED) is 0.400. The van der Waals surface area contributed by atoms with Crippen LogP contribution in [-0.4, -0.2) is 55.7 Å². The topological polar surface area (TPSA) is 66.4 Å². The van der Waals surface area contributed by atoms with Crippen molar-refractivity contribution in [2.75, 3.05) is 13.7 Å². The van der Waals surface area contributed by atoms with E-state index in [1.807, 2.05) is 91.0 Å². The Labute approximate surface area is 211 Å². The summed E-state index contributed by atoms with van der Waals surface area (Å²) >= 11 is 0. The van der Waals surface area contributed by atoms with Crippen molar-refractivity contribution in [3.63, 3.8) is 0 Å². The first-order valence-electron chi connectivity index (χ1n) is 12.1. The van der Waals surface area contributed by atoms with Crippen LogP contribution in [-0.2, 0) is 43.5 Å². The first-order chi connectivity index (χ1) is 17.7. The van der Waals surface area contributed by atoms with Crippen molar-refractivity contribution < 1.29 is 33.2 Å². The molecule has 0 saturated carbocycles. The van der Waals surface area contributed by atoms with Crippen LogP contribution in [0.15, 0.2) is 91.0 Å². The van der Waals surface area contributed by atoms with Gasteiger partial charge in [0.05, 0.1) is 26.4 Å². The number of halogens is 1. The Bertz CT molecular complexity index is 1010. The molecule has 0 radical (unpaired) electrons. The summed E-state index contributed by atoms with van der Waals surface area (Å²) in [5, 5.41) is 9.64. The van der Waals surface area contributed by atoms with E-state index in [-0.39, 0.29) is 19.8 Å². The Morgan fingerprint density at radius 2 is 1.11 bits per heavy atom. The smallest absolute Gasteiger partial charge is 0.186 e. The summed E-state index contributed by atoms with van der Waals surface area (Å²) in [6.07, 6.45) is -6.01. The van der Waals surface area contributed by atoms with Crippen LogP contribution in [0.4, 0.5) is 4.39 Å². The number of hydrogen-bond acceptors (Lipinski definition) is 6. The molecule has 3 aromatic rings. The third kappa shape index (κ3) is 6.97. The lowest BCUT2D eigenvalue weighted by molar-refractivity contribution is -0.326. The summed E-state index contributed by atoms with van der Waals surface area (Å²) in [6, 6.07) is 29.0. The second kappa shape index (κ2) is 13.6. The number of aliphatic hydroxyl groups is 1. The second-order valence-electron chi connectivity index (χ2n) is 8.69. The van der Waals surface area contributed by atoms with E-state index in [1.165, 1.54) is 7.11 Å². The van der Waals surface area contributed by atoms with Crippen LogP contribution in [0.3, 0.4) is 0 Å². The highest BCUT2D eigenvalue weighted by atomic mass is 19.1. The van der Waals surface area contributed by atoms with E-state index in [2.05, 4.69) is 0 Å². The third-order valence-electron chi connectivity index (χ3n) is 6.15. The number of aliphatic hydroxyl groups excluding tert-OH is 1. The number of benzene rings is 3. The van der Waals surface area contributed by atoms with Crippen molar-refractivity contribution in [1.82, 2.24) is 0 Å². The van der Waals surface area contributed by atoms with Crippen molar-refractivity contribution in [2.24, 2.45) is 0 Å². The van der Waals surface area contributed by atoms with E-state index in [4.69, 9.17) is 23.7 Å². The molecule has 7 heteroatoms. The second-order valence-corrected chi connectivity index (χ2v) is 8.69. The van der Waals surface area contributed by atoms with E-state index >= 15 is 4.39 Å². The Balaban J connectivity index is 1.61. The monoisotopic (exact) mass is 496 g/mol. The largest absolute Gasteiger partial charge is 0.393 e. The fraction of sp³-hybridized carbons (Fsp3) is 0.379. The molecule has 1 aliphatic heterocycles. The molecule has 6 atom stereocenters. The fourth-order valence-electron chi connectivity index (χ4n) is 4.28. The van der Waals surface area contributed by atoms with Gasteiger partial charge in [0.25, 0.3) is 0 Å². The Kier molecular flexibility index (Phi) is 9.98. The van der Waals surface area contributed by atoms with E-state index in [0.717, 1.165) is 16.7 Å². The molecule has 0 spiro atoms. The highest BCUT2D eigenvalue weighted by Gasteiger charge is 2.51. The molecule has 0 bridgehead atoms. The Morgan fingerprint density at radius 1 is 0.694 bits per heavy atom. The highest BCUT2D eigenvalue weighted by molar-refractivity contribution is 5.15. The van der Waals surface area contributed by atoms with Crippen molar-refractivity contribution >= 4 is 0 Å². The molecular formula is C29H33FO6. The number of hydrogen-bond donors (Lipinski definition) is 1. The predicted octanol–water partition coefficient (Wildman–Crippen LogP) is 4.44. The van der Waals surface area contributed by atoms with Crippen LogP contribution in [0.5, 0.6) is 0 Å². The molecule has 1 saturated heterocycles. The van der Waals surface area contributed by atoms with Crippen molar-refractivity contribution in [1.29, 1.82) is 0 Å². The van der Waals surface area contributed by atoms with Gasteiger partial charge in [-0.05, 0) is 16.7 Å². The molecule has 1 fully saturated rings. The number of alkyl halides is 1. The molecule has 36 heavy (non-hydrogen) atoms. The Morgan fingerprint density at radius 3 is 1.53 bits per heavy atom. The summed E-state index contributed by atoms with van der Waals surface area (Å²) in [5.41, 5.74) is 2.85. The zero-order valence-corrected chi connectivity index (χ0v) is 20.3. The summed E-state index contributed by atoms with van der Waals surface area (Å²) in [5.74, 6) is 0. The summed E-state index contributed by atoms with van der Waals surface area (Å²) in [4.78, 5) is 0. The highest BCUT2D eigenvalue weighted by Crippen LogP contribution is 2.33. The van der Waals surface area contributed by atoms with E-state index in [1.54, 1.807) is 0 Å². The van der Waals surface area contributed by atoms with E-state index in [0.29, 0.717) is 0 Å². The van der Waals surface area contributed by atoms with Crippen LogP contribution in [0.25, 0.3) is 0 Å². The molecule has 6 nitrogen and oxygen atoms in total. The molecule has 192 valence electrons. The van der Waals surface area contributed by atoms with Gasteiger partial charge in [0, 0.05) is 7.11 Å². The molecule has 1 N–H and O–H groups in total. The fourth-order valence-corrected chi connectivity index (χ4v) is 4.28. The average molecular weight is 497 g/mol. The molecule has 4 rings (SSSR count). The van der Waals surface area contributed by atoms with Gasteiger partial charge >= 0.3 is 0 Å². The lowest BCUT2D eigenvalue weighted by Crippen LogP contribution is -2.63. The number of ether oxygens (including phenoxy) is 5. The van der Waals surface area contributed by atoms with Gasteiger partial charge in [-0.25, -0.2) is 4.39 Å². The van der Waals surface area contributed by atoms with Crippen LogP contribution >= 0.6 is 0 Å². The molecule has 3 unspecified atom stereocenters. The minimum absolute atomic E-state index is 0.220. The molecular weight excluding hydrogens is 463 g/mol. The van der Waals surface area contributed by atoms with Gasteiger partial charge in [-0.2, -0.15) is 0 Å². The number of rotatable bonds is 12. The van der Waals surface area contributed by atoms with E-state index < -0.39 is 43.5 Å². The molecule has 0 amide bonds. The van der Waals surface area contributed by atoms with E-state index in [9.17, 15) is 5.11 Å². The summed E-state index contributed by atoms with van der Waals surface area (Å²) < 4.78 is 45.5. The van der Waals surface area contributed by atoms with Crippen LogP contribution < -0.4 is 0 Å². The Hall–Kier alpha value is -2.65. The van der Waals surface area contributed by atoms with Crippen molar-refractivity contribution in [3.8, 4) is 0 Å². The SMILES string of the molecule is CO[C@H]1OC([C@@H](F)CO)[C@@H](OCc2ccccc2)C(OCc2ccccc2)C1OCc1ccccc1. The number of methoxy groups -OCH3 is 1. The van der Waals surface area contributed by atoms with Crippen LogP contribution in [0.2, 0.25) is 0 Å². The van der Waals surface area contributed by atoms with Crippen molar-refractivity contribution in [3.05, 3.63) is 108 Å². The maximum Gasteiger partial charge on any atom is 0.186 e. The molecule has 1 aliphatic rings. The van der Waals surface area contributed by atoms with Crippen LogP contribution in [0.1, 0.15) is 16.7 Å². The van der Waals surface area contributed by atoms with Gasteiger partial charge in [0.1, 0.15) is 24.4 Å². The van der Waals surface area contributed by atoms with Crippen molar-refractivity contribution in [2.45, 2.75) is 56.7 Å². The average Bonchev–Trinajstić information content (AvgIpc) is 2.94. The van der Waals surface area contributed by atoms with Gasteiger partial charge in [-0.15, -0.1) is 0 Å². The zero-order chi connectivity index (χ0) is 25.2. The van der Waals surface area contributed by atoms with Gasteiger partial charge in [0.15, 0.2) is 12.5 Å². The molecule has 3 aromatic carbocycles. The minimum Gasteiger partial charge on any atom is -0.393 e. The lowest BCUT2D eigenvalue weighted by atomic mass is 9.95. The third-order valence-corrected chi connectivity index (χ3v) is 6.15. The minimum atomic E-state index is -1.69. The molecule has 0 aliphatic carbocycles. The molecule has 0 aromatic heterocycles. The predicted molar refractivity (Wildman–Crippen MR) is 133 cm³/mol. The van der Waals surface area contributed by atoms with Crippen LogP contribution in [0, 0.1) is 0 Å². The zero-order valence-electron chi connectivity index (χ0n) is 20.3.